The maximum atomic E-state index is 12.5. The minimum absolute atomic E-state index is 0.0657. The van der Waals surface area contributed by atoms with Gasteiger partial charge in [-0.3, -0.25) is 0 Å². The Morgan fingerprint density at radius 2 is 1.76 bits per heavy atom. The smallest absolute Gasteiger partial charge is 0.240 e. The predicted octanol–water partition coefficient (Wildman–Crippen LogP) is 3.46. The molecule has 1 fully saturated rings. The number of hydrogen-bond acceptors (Lipinski definition) is 3. The van der Waals surface area contributed by atoms with Gasteiger partial charge in [-0.1, -0.05) is 41.9 Å². The van der Waals surface area contributed by atoms with Crippen molar-refractivity contribution in [3.05, 3.63) is 65.2 Å². The molecule has 0 aromatic heterocycles. The van der Waals surface area contributed by atoms with Crippen LogP contribution in [-0.4, -0.2) is 21.0 Å². The molecule has 25 heavy (non-hydrogen) atoms. The van der Waals surface area contributed by atoms with Gasteiger partial charge < -0.3 is 5.73 Å². The third kappa shape index (κ3) is 4.06. The fourth-order valence-corrected chi connectivity index (χ4v) is 5.12. The summed E-state index contributed by atoms with van der Waals surface area (Å²) in [5.74, 6) is 0. The fourth-order valence-electron chi connectivity index (χ4n) is 3.60. The molecule has 1 aliphatic carbocycles. The summed E-state index contributed by atoms with van der Waals surface area (Å²) in [4.78, 5) is 0.306. The molecule has 0 aliphatic heterocycles. The van der Waals surface area contributed by atoms with Crippen LogP contribution in [0.2, 0.25) is 5.02 Å². The summed E-state index contributed by atoms with van der Waals surface area (Å²) in [6, 6.07) is 16.3. The van der Waals surface area contributed by atoms with Crippen LogP contribution in [0, 0.1) is 0 Å². The quantitative estimate of drug-likeness (QED) is 0.836. The number of nitrogens with one attached hydrogen (secondary N) is 1. The predicted molar refractivity (Wildman–Crippen MR) is 101 cm³/mol. The summed E-state index contributed by atoms with van der Waals surface area (Å²) < 4.78 is 27.8. The zero-order valence-corrected chi connectivity index (χ0v) is 15.6. The van der Waals surface area contributed by atoms with Crippen LogP contribution >= 0.6 is 11.6 Å². The average Bonchev–Trinajstić information content (AvgIpc) is 2.63. The topological polar surface area (TPSA) is 72.2 Å². The van der Waals surface area contributed by atoms with Gasteiger partial charge in [0.05, 0.1) is 4.90 Å². The lowest BCUT2D eigenvalue weighted by atomic mass is 9.68. The molecule has 0 unspecified atom stereocenters. The molecule has 3 rings (SSSR count). The van der Waals surface area contributed by atoms with E-state index in [0.717, 1.165) is 31.2 Å². The molecule has 6 heteroatoms. The molecule has 0 bridgehead atoms. The van der Waals surface area contributed by atoms with Gasteiger partial charge in [-0.2, -0.15) is 0 Å². The maximum absolute atomic E-state index is 12.5. The number of benzene rings is 2. The highest BCUT2D eigenvalue weighted by atomic mass is 35.5. The van der Waals surface area contributed by atoms with Gasteiger partial charge in [0, 0.05) is 23.0 Å². The molecule has 0 saturated heterocycles. The molecule has 0 radical (unpaired) electrons. The Bertz CT molecular complexity index is 816. The number of rotatable bonds is 5. The molecular weight excluding hydrogens is 356 g/mol. The highest BCUT2D eigenvalue weighted by Crippen LogP contribution is 2.39. The Balaban J connectivity index is 1.71. The van der Waals surface area contributed by atoms with Crippen molar-refractivity contribution in [1.29, 1.82) is 0 Å². The Morgan fingerprint density at radius 3 is 2.36 bits per heavy atom. The second-order valence-corrected chi connectivity index (χ2v) is 8.85. The van der Waals surface area contributed by atoms with Crippen LogP contribution in [0.3, 0.4) is 0 Å². The lowest BCUT2D eigenvalue weighted by Gasteiger charge is -2.40. The van der Waals surface area contributed by atoms with E-state index >= 15 is 0 Å². The SMILES string of the molecule is NCC1(c2cccc(Cl)c2)CCC(NS(=O)(=O)c2ccccc2)CC1. The van der Waals surface area contributed by atoms with E-state index in [1.165, 1.54) is 0 Å². The van der Waals surface area contributed by atoms with Crippen LogP contribution in [-0.2, 0) is 15.4 Å². The molecule has 0 atom stereocenters. The molecular formula is C19H23ClN2O2S. The van der Waals surface area contributed by atoms with Crippen LogP contribution in [0.15, 0.2) is 59.5 Å². The van der Waals surface area contributed by atoms with E-state index in [1.807, 2.05) is 18.2 Å². The molecule has 0 spiro atoms. The molecule has 0 heterocycles. The van der Waals surface area contributed by atoms with Crippen molar-refractivity contribution in [1.82, 2.24) is 4.72 Å². The second kappa shape index (κ2) is 7.46. The van der Waals surface area contributed by atoms with Crippen molar-refractivity contribution in [2.24, 2.45) is 5.73 Å². The zero-order chi connectivity index (χ0) is 17.9. The Morgan fingerprint density at radius 1 is 1.08 bits per heavy atom. The highest BCUT2D eigenvalue weighted by molar-refractivity contribution is 7.89. The third-order valence-electron chi connectivity index (χ3n) is 5.15. The van der Waals surface area contributed by atoms with Gasteiger partial charge in [0.2, 0.25) is 10.0 Å². The summed E-state index contributed by atoms with van der Waals surface area (Å²) in [6.45, 7) is 0.533. The lowest BCUT2D eigenvalue weighted by molar-refractivity contribution is 0.267. The summed E-state index contributed by atoms with van der Waals surface area (Å²) in [7, 11) is -3.48. The van der Waals surface area contributed by atoms with Crippen molar-refractivity contribution in [2.45, 2.75) is 42.0 Å². The van der Waals surface area contributed by atoms with E-state index in [9.17, 15) is 8.42 Å². The van der Waals surface area contributed by atoms with Crippen molar-refractivity contribution in [2.75, 3.05) is 6.54 Å². The summed E-state index contributed by atoms with van der Waals surface area (Å²) >= 11 is 6.13. The van der Waals surface area contributed by atoms with Gasteiger partial charge in [-0.05, 0) is 55.5 Å². The van der Waals surface area contributed by atoms with Gasteiger partial charge in [0.1, 0.15) is 0 Å². The number of sulfonamides is 1. The molecule has 2 aromatic rings. The van der Waals surface area contributed by atoms with E-state index in [4.69, 9.17) is 17.3 Å². The Labute approximate surface area is 154 Å². The number of halogens is 1. The van der Waals surface area contributed by atoms with Crippen LogP contribution in [0.4, 0.5) is 0 Å². The van der Waals surface area contributed by atoms with Crippen molar-refractivity contribution < 1.29 is 8.42 Å². The van der Waals surface area contributed by atoms with Crippen LogP contribution in [0.25, 0.3) is 0 Å². The average molecular weight is 379 g/mol. The molecule has 0 amide bonds. The molecule has 1 saturated carbocycles. The van der Waals surface area contributed by atoms with Gasteiger partial charge in [-0.15, -0.1) is 0 Å². The monoisotopic (exact) mass is 378 g/mol. The third-order valence-corrected chi connectivity index (χ3v) is 6.92. The van der Waals surface area contributed by atoms with E-state index in [-0.39, 0.29) is 11.5 Å². The van der Waals surface area contributed by atoms with Gasteiger partial charge in [0.15, 0.2) is 0 Å². The standard InChI is InChI=1S/C19H23ClN2O2S/c20-16-6-4-5-15(13-16)19(14-21)11-9-17(10-12-19)22-25(23,24)18-7-2-1-3-8-18/h1-8,13,17,22H,9-12,14,21H2. The number of hydrogen-bond donors (Lipinski definition) is 2. The Kier molecular flexibility index (Phi) is 5.49. The first kappa shape index (κ1) is 18.4. The van der Waals surface area contributed by atoms with Crippen LogP contribution in [0.1, 0.15) is 31.2 Å². The molecule has 2 aromatic carbocycles. The van der Waals surface area contributed by atoms with Gasteiger partial charge >= 0.3 is 0 Å². The molecule has 3 N–H and O–H groups in total. The highest BCUT2D eigenvalue weighted by Gasteiger charge is 2.37. The Hall–Kier alpha value is -1.40. The summed E-state index contributed by atoms with van der Waals surface area (Å²) in [5.41, 5.74) is 7.12. The molecule has 134 valence electrons. The minimum atomic E-state index is -3.48. The van der Waals surface area contributed by atoms with Crippen molar-refractivity contribution in [3.8, 4) is 0 Å². The van der Waals surface area contributed by atoms with E-state index in [2.05, 4.69) is 10.8 Å². The summed E-state index contributed by atoms with van der Waals surface area (Å²) in [5, 5.41) is 0.706. The first-order valence-corrected chi connectivity index (χ1v) is 10.3. The fraction of sp³-hybridized carbons (Fsp3) is 0.368. The zero-order valence-electron chi connectivity index (χ0n) is 14.0. The van der Waals surface area contributed by atoms with Crippen LogP contribution in [0.5, 0.6) is 0 Å². The first-order chi connectivity index (χ1) is 12.0. The number of nitrogens with two attached hydrogens (primary N) is 1. The second-order valence-electron chi connectivity index (χ2n) is 6.70. The maximum Gasteiger partial charge on any atom is 0.240 e. The first-order valence-electron chi connectivity index (χ1n) is 8.49. The summed E-state index contributed by atoms with van der Waals surface area (Å²) in [6.07, 6.45) is 3.20. The van der Waals surface area contributed by atoms with Crippen molar-refractivity contribution in [3.63, 3.8) is 0 Å². The normalized spacial score (nSPS) is 24.2. The van der Waals surface area contributed by atoms with E-state index < -0.39 is 10.0 Å². The molecule has 1 aliphatic rings. The minimum Gasteiger partial charge on any atom is -0.330 e. The van der Waals surface area contributed by atoms with Gasteiger partial charge in [-0.25, -0.2) is 13.1 Å². The largest absolute Gasteiger partial charge is 0.330 e. The van der Waals surface area contributed by atoms with Crippen molar-refractivity contribution >= 4 is 21.6 Å². The van der Waals surface area contributed by atoms with Crippen LogP contribution < -0.4 is 10.5 Å². The molecule has 4 nitrogen and oxygen atoms in total. The van der Waals surface area contributed by atoms with E-state index in [1.54, 1.807) is 30.3 Å². The lowest BCUT2D eigenvalue weighted by Crippen LogP contribution is -2.45. The van der Waals surface area contributed by atoms with E-state index in [0.29, 0.717) is 16.5 Å². The van der Waals surface area contributed by atoms with Gasteiger partial charge in [0.25, 0.3) is 0 Å².